The lowest BCUT2D eigenvalue weighted by Gasteiger charge is -2.47. The fourth-order valence-corrected chi connectivity index (χ4v) is 4.76. The quantitative estimate of drug-likeness (QED) is 0.520. The van der Waals surface area contributed by atoms with Gasteiger partial charge in [0.15, 0.2) is 0 Å². The summed E-state index contributed by atoms with van der Waals surface area (Å²) in [6, 6.07) is 4.14. The summed E-state index contributed by atoms with van der Waals surface area (Å²) < 4.78 is 46.4. The Hall–Kier alpha value is -2.05. The first-order valence-corrected chi connectivity index (χ1v) is 10.3. The zero-order chi connectivity index (χ0) is 20.4. The predicted octanol–water partition coefficient (Wildman–Crippen LogP) is 5.24. The van der Waals surface area contributed by atoms with Crippen LogP contribution in [0.1, 0.15) is 36.5 Å². The van der Waals surface area contributed by atoms with Gasteiger partial charge in [-0.3, -0.25) is 0 Å². The summed E-state index contributed by atoms with van der Waals surface area (Å²) in [6.07, 6.45) is 8.27. The predicted molar refractivity (Wildman–Crippen MR) is 109 cm³/mol. The second-order valence-corrected chi connectivity index (χ2v) is 8.05. The van der Waals surface area contributed by atoms with Crippen LogP contribution in [0.25, 0.3) is 0 Å². The number of hydrogen-bond donors (Lipinski definition) is 2. The van der Waals surface area contributed by atoms with Gasteiger partial charge < -0.3 is 15.4 Å². The third-order valence-electron chi connectivity index (χ3n) is 6.15. The highest BCUT2D eigenvalue weighted by Gasteiger charge is 2.44. The highest BCUT2D eigenvalue weighted by atomic mass is 19.4. The van der Waals surface area contributed by atoms with Gasteiger partial charge >= 0.3 is 6.18 Å². The lowest BCUT2D eigenvalue weighted by Crippen LogP contribution is -2.48. The van der Waals surface area contributed by atoms with E-state index in [-0.39, 0.29) is 24.2 Å². The normalized spacial score (nSPS) is 30.9. The maximum Gasteiger partial charge on any atom is 0.416 e. The molecular weight excluding hydrogens is 377 g/mol. The lowest BCUT2D eigenvalue weighted by molar-refractivity contribution is -0.138. The van der Waals surface area contributed by atoms with Crippen molar-refractivity contribution in [1.82, 2.24) is 5.32 Å². The molecule has 5 atom stereocenters. The number of benzene rings is 1. The summed E-state index contributed by atoms with van der Waals surface area (Å²) in [5, 5.41) is 6.83. The van der Waals surface area contributed by atoms with Crippen LogP contribution in [0.5, 0.6) is 0 Å². The molecule has 1 aromatic rings. The number of ether oxygens (including phenoxy) is 1. The van der Waals surface area contributed by atoms with Gasteiger partial charge in [0.2, 0.25) is 0 Å². The molecule has 0 amide bonds. The van der Waals surface area contributed by atoms with Crippen molar-refractivity contribution in [3.8, 4) is 0 Å². The van der Waals surface area contributed by atoms with Gasteiger partial charge in [0, 0.05) is 42.2 Å². The van der Waals surface area contributed by atoms with E-state index in [0.29, 0.717) is 24.6 Å². The number of rotatable bonds is 5. The molecule has 2 heterocycles. The Bertz CT molecular complexity index is 802. The van der Waals surface area contributed by atoms with Gasteiger partial charge in [-0.15, -0.1) is 6.58 Å². The monoisotopic (exact) mass is 404 g/mol. The Morgan fingerprint density at radius 2 is 2.10 bits per heavy atom. The first kappa shape index (κ1) is 20.2. The maximum atomic E-state index is 13.3. The number of fused-ring (bicyclic) bond motifs is 3. The molecule has 3 aliphatic rings. The Kier molecular flexibility index (Phi) is 5.83. The highest BCUT2D eigenvalue weighted by molar-refractivity contribution is 5.58. The van der Waals surface area contributed by atoms with Crippen LogP contribution in [0.2, 0.25) is 0 Å². The van der Waals surface area contributed by atoms with Gasteiger partial charge in [-0.2, -0.15) is 13.2 Å². The molecular formula is C23H27F3N2O. The standard InChI is InChI=1S/C23H27F3N2O/c1-2-12-27-14-17-9-10-18-21(15-6-4-3-5-7-15)28-20-11-8-16(23(24,25)26)13-19(20)22(18)29-17/h2-6,8,11,13,15,17-18,21-22,27-28H,1,7,9-10,12,14H2/t15?,17-,18+,21+,22+/m1/s1. The van der Waals surface area contributed by atoms with E-state index in [2.05, 4.69) is 35.4 Å². The molecule has 0 aromatic heterocycles. The number of nitrogens with one attached hydrogen (secondary N) is 2. The van der Waals surface area contributed by atoms with E-state index in [1.54, 1.807) is 12.1 Å². The molecule has 1 aliphatic carbocycles. The second kappa shape index (κ2) is 8.36. The summed E-state index contributed by atoms with van der Waals surface area (Å²) in [6.45, 7) is 5.06. The fraction of sp³-hybridized carbons (Fsp3) is 0.478. The third-order valence-corrected chi connectivity index (χ3v) is 6.15. The SMILES string of the molecule is C=CCNC[C@H]1CC[C@@H]2[C@H](O1)c1cc(C(F)(F)F)ccc1N[C@H]2C1C=CC=CC1. The van der Waals surface area contributed by atoms with Crippen LogP contribution < -0.4 is 10.6 Å². The van der Waals surface area contributed by atoms with Crippen molar-refractivity contribution in [2.24, 2.45) is 11.8 Å². The van der Waals surface area contributed by atoms with Gasteiger partial charge in [0.25, 0.3) is 0 Å². The molecule has 1 unspecified atom stereocenters. The van der Waals surface area contributed by atoms with Crippen molar-refractivity contribution in [1.29, 1.82) is 0 Å². The molecule has 1 saturated heterocycles. The molecule has 1 fully saturated rings. The van der Waals surface area contributed by atoms with Gasteiger partial charge in [0.1, 0.15) is 0 Å². The van der Waals surface area contributed by atoms with Crippen molar-refractivity contribution < 1.29 is 17.9 Å². The molecule has 0 radical (unpaired) electrons. The zero-order valence-electron chi connectivity index (χ0n) is 16.3. The Morgan fingerprint density at radius 1 is 1.24 bits per heavy atom. The smallest absolute Gasteiger partial charge is 0.381 e. The van der Waals surface area contributed by atoms with Crippen molar-refractivity contribution in [2.45, 2.75) is 43.7 Å². The van der Waals surface area contributed by atoms with E-state index >= 15 is 0 Å². The average molecular weight is 404 g/mol. The van der Waals surface area contributed by atoms with E-state index in [9.17, 15) is 13.2 Å². The van der Waals surface area contributed by atoms with Crippen molar-refractivity contribution in [3.63, 3.8) is 0 Å². The minimum absolute atomic E-state index is 0.0147. The zero-order valence-corrected chi connectivity index (χ0v) is 16.3. The van der Waals surface area contributed by atoms with E-state index in [4.69, 9.17) is 4.74 Å². The minimum atomic E-state index is -4.36. The Balaban J connectivity index is 1.64. The molecule has 6 heteroatoms. The summed E-state index contributed by atoms with van der Waals surface area (Å²) in [5.74, 6) is 0.449. The molecule has 1 aromatic carbocycles. The van der Waals surface area contributed by atoms with Crippen LogP contribution in [-0.4, -0.2) is 25.2 Å². The summed E-state index contributed by atoms with van der Waals surface area (Å²) >= 11 is 0. The van der Waals surface area contributed by atoms with E-state index < -0.39 is 11.7 Å². The van der Waals surface area contributed by atoms with Crippen LogP contribution in [0, 0.1) is 11.8 Å². The van der Waals surface area contributed by atoms with Crippen molar-refractivity contribution >= 4 is 5.69 Å². The number of anilines is 1. The number of hydrogen-bond acceptors (Lipinski definition) is 3. The van der Waals surface area contributed by atoms with Gasteiger partial charge in [0.05, 0.1) is 17.8 Å². The van der Waals surface area contributed by atoms with Crippen molar-refractivity contribution in [3.05, 3.63) is 66.3 Å². The van der Waals surface area contributed by atoms with Crippen LogP contribution in [0.4, 0.5) is 18.9 Å². The van der Waals surface area contributed by atoms with E-state index in [1.807, 2.05) is 6.08 Å². The Labute approximate surface area is 169 Å². The molecule has 0 saturated carbocycles. The van der Waals surface area contributed by atoms with Gasteiger partial charge in [-0.1, -0.05) is 30.4 Å². The topological polar surface area (TPSA) is 33.3 Å². The first-order valence-electron chi connectivity index (χ1n) is 10.3. The van der Waals surface area contributed by atoms with Crippen molar-refractivity contribution in [2.75, 3.05) is 18.4 Å². The third kappa shape index (κ3) is 4.28. The van der Waals surface area contributed by atoms with Gasteiger partial charge in [-0.05, 0) is 37.5 Å². The number of alkyl halides is 3. The minimum Gasteiger partial charge on any atom is -0.381 e. The molecule has 0 bridgehead atoms. The van der Waals surface area contributed by atoms with Crippen LogP contribution in [0.3, 0.4) is 0 Å². The maximum absolute atomic E-state index is 13.3. The number of halogens is 3. The van der Waals surface area contributed by atoms with E-state index in [1.165, 1.54) is 6.07 Å². The van der Waals surface area contributed by atoms with E-state index in [0.717, 1.165) is 31.0 Å². The molecule has 0 spiro atoms. The Morgan fingerprint density at radius 3 is 2.83 bits per heavy atom. The highest BCUT2D eigenvalue weighted by Crippen LogP contribution is 2.49. The second-order valence-electron chi connectivity index (χ2n) is 8.05. The lowest BCUT2D eigenvalue weighted by atomic mass is 9.73. The van der Waals surface area contributed by atoms with Gasteiger partial charge in [-0.25, -0.2) is 0 Å². The van der Waals surface area contributed by atoms with Crippen LogP contribution in [-0.2, 0) is 10.9 Å². The fourth-order valence-electron chi connectivity index (χ4n) is 4.76. The summed E-state index contributed by atoms with van der Waals surface area (Å²) in [7, 11) is 0. The van der Waals surface area contributed by atoms with Crippen LogP contribution in [0.15, 0.2) is 55.2 Å². The first-order chi connectivity index (χ1) is 14.0. The molecule has 4 rings (SSSR count). The molecule has 2 aliphatic heterocycles. The molecule has 29 heavy (non-hydrogen) atoms. The summed E-state index contributed by atoms with van der Waals surface area (Å²) in [5.41, 5.74) is 0.767. The summed E-state index contributed by atoms with van der Waals surface area (Å²) in [4.78, 5) is 0. The molecule has 3 nitrogen and oxygen atoms in total. The van der Waals surface area contributed by atoms with Crippen LogP contribution >= 0.6 is 0 Å². The molecule has 156 valence electrons. The largest absolute Gasteiger partial charge is 0.416 e. The number of allylic oxidation sites excluding steroid dienone is 3. The molecule has 2 N–H and O–H groups in total. The average Bonchev–Trinajstić information content (AvgIpc) is 2.73.